The van der Waals surface area contributed by atoms with Crippen LogP contribution in [0.15, 0.2) is 29.2 Å². The summed E-state index contributed by atoms with van der Waals surface area (Å²) in [4.78, 5) is 55.4. The van der Waals surface area contributed by atoms with Crippen molar-refractivity contribution in [2.45, 2.75) is 57.4 Å². The maximum atomic E-state index is 13.1. The Morgan fingerprint density at radius 3 is 2.09 bits per heavy atom. The third-order valence-electron chi connectivity index (χ3n) is 5.87. The van der Waals surface area contributed by atoms with Crippen LogP contribution in [0.4, 0.5) is 0 Å². The average molecular weight is 480 g/mol. The molecule has 0 aliphatic carbocycles. The number of nitrogens with one attached hydrogen (secondary N) is 1. The molecule has 3 amide bonds. The Balaban J connectivity index is 1.60. The van der Waals surface area contributed by atoms with E-state index < -0.39 is 39.8 Å². The number of nitrogens with zero attached hydrogens (tertiary/aromatic N) is 2. The van der Waals surface area contributed by atoms with Crippen molar-refractivity contribution in [1.82, 2.24) is 14.7 Å². The fraction of sp³-hybridized carbons (Fsp3) is 0.545. The van der Waals surface area contributed by atoms with Crippen molar-refractivity contribution in [1.29, 1.82) is 0 Å². The zero-order valence-corrected chi connectivity index (χ0v) is 19.8. The summed E-state index contributed by atoms with van der Waals surface area (Å²) in [5.74, 6) is -2.98. The number of rotatable bonds is 7. The van der Waals surface area contributed by atoms with Crippen molar-refractivity contribution in [3.63, 3.8) is 0 Å². The number of carbonyl (C=O) groups excluding carboxylic acids is 4. The number of sulfonamides is 1. The summed E-state index contributed by atoms with van der Waals surface area (Å²) in [7, 11) is -3.89. The van der Waals surface area contributed by atoms with Crippen molar-refractivity contribution in [3.05, 3.63) is 29.8 Å². The second kappa shape index (κ2) is 10.0. The van der Waals surface area contributed by atoms with Gasteiger partial charge in [-0.3, -0.25) is 14.4 Å². The minimum atomic E-state index is -3.89. The number of hydroxylamine groups is 2. The Bertz CT molecular complexity index is 1010. The molecule has 0 spiro atoms. The molecule has 1 atom stereocenters. The van der Waals surface area contributed by atoms with Crippen molar-refractivity contribution in [2.75, 3.05) is 13.1 Å². The average Bonchev–Trinajstić information content (AvgIpc) is 3.09. The lowest BCUT2D eigenvalue weighted by Crippen LogP contribution is -2.53. The molecule has 2 aliphatic heterocycles. The summed E-state index contributed by atoms with van der Waals surface area (Å²) in [6.07, 6.45) is 0.620. The number of amides is 3. The summed E-state index contributed by atoms with van der Waals surface area (Å²) in [6, 6.07) is 5.40. The summed E-state index contributed by atoms with van der Waals surface area (Å²) in [5, 5.41) is 0.522. The molecule has 1 aromatic rings. The number of carbonyl (C=O) groups is 4. The lowest BCUT2D eigenvalue weighted by atomic mass is 9.95. The summed E-state index contributed by atoms with van der Waals surface area (Å²) < 4.78 is 28.1. The van der Waals surface area contributed by atoms with Gasteiger partial charge in [0.1, 0.15) is 6.04 Å². The quantitative estimate of drug-likeness (QED) is 0.581. The van der Waals surface area contributed by atoms with Gasteiger partial charge in [-0.15, -0.1) is 5.06 Å². The van der Waals surface area contributed by atoms with Gasteiger partial charge in [-0.25, -0.2) is 13.2 Å². The minimum Gasteiger partial charge on any atom is -0.341 e. The van der Waals surface area contributed by atoms with Gasteiger partial charge in [0.25, 0.3) is 11.8 Å². The second-order valence-corrected chi connectivity index (χ2v) is 10.5. The van der Waals surface area contributed by atoms with Crippen molar-refractivity contribution in [2.24, 2.45) is 11.8 Å². The Hall–Kier alpha value is -2.79. The molecule has 2 heterocycles. The molecule has 1 unspecified atom stereocenters. The molecule has 10 nitrogen and oxygen atoms in total. The Labute approximate surface area is 193 Å². The zero-order chi connectivity index (χ0) is 24.3. The van der Waals surface area contributed by atoms with Crippen LogP contribution in [0.1, 0.15) is 45.1 Å². The van der Waals surface area contributed by atoms with Gasteiger partial charge in [0.2, 0.25) is 15.9 Å². The van der Waals surface area contributed by atoms with Gasteiger partial charge in [-0.05, 0) is 37.8 Å². The van der Waals surface area contributed by atoms with Crippen LogP contribution in [0.2, 0.25) is 0 Å². The smallest absolute Gasteiger partial charge is 0.336 e. The first-order valence-corrected chi connectivity index (χ1v) is 12.4. The lowest BCUT2D eigenvalue weighted by molar-refractivity contribution is -0.201. The SMILES string of the molecule is Cc1ccc(S(=O)(=O)NC(C(=O)N2CCC(C(=O)ON3C(=O)CCC3=O)CC2)C(C)C)cc1. The molecule has 11 heteroatoms. The van der Waals surface area contributed by atoms with E-state index in [1.807, 2.05) is 6.92 Å². The van der Waals surface area contributed by atoms with Gasteiger partial charge in [0.05, 0.1) is 10.8 Å². The maximum absolute atomic E-state index is 13.1. The lowest BCUT2D eigenvalue weighted by Gasteiger charge is -2.34. The fourth-order valence-electron chi connectivity index (χ4n) is 3.78. The highest BCUT2D eigenvalue weighted by molar-refractivity contribution is 7.89. The van der Waals surface area contributed by atoms with E-state index in [1.165, 1.54) is 17.0 Å². The van der Waals surface area contributed by atoms with Crippen LogP contribution < -0.4 is 4.72 Å². The monoisotopic (exact) mass is 479 g/mol. The molecular weight excluding hydrogens is 450 g/mol. The van der Waals surface area contributed by atoms with E-state index in [9.17, 15) is 27.6 Å². The van der Waals surface area contributed by atoms with Crippen LogP contribution in [-0.2, 0) is 34.0 Å². The van der Waals surface area contributed by atoms with E-state index in [-0.39, 0.29) is 55.5 Å². The molecule has 1 aromatic carbocycles. The fourth-order valence-corrected chi connectivity index (χ4v) is 5.12. The second-order valence-electron chi connectivity index (χ2n) is 8.75. The van der Waals surface area contributed by atoms with Crippen LogP contribution in [0.5, 0.6) is 0 Å². The molecule has 0 bridgehead atoms. The van der Waals surface area contributed by atoms with E-state index >= 15 is 0 Å². The van der Waals surface area contributed by atoms with Gasteiger partial charge < -0.3 is 9.74 Å². The van der Waals surface area contributed by atoms with Crippen LogP contribution in [-0.4, -0.2) is 61.2 Å². The summed E-state index contributed by atoms with van der Waals surface area (Å²) in [6.45, 7) is 5.83. The Morgan fingerprint density at radius 2 is 1.58 bits per heavy atom. The van der Waals surface area contributed by atoms with Gasteiger partial charge in [-0.2, -0.15) is 4.72 Å². The van der Waals surface area contributed by atoms with E-state index in [1.54, 1.807) is 26.0 Å². The Kier molecular flexibility index (Phi) is 7.53. The summed E-state index contributed by atoms with van der Waals surface area (Å²) in [5.41, 5.74) is 0.922. The molecule has 1 N–H and O–H groups in total. The summed E-state index contributed by atoms with van der Waals surface area (Å²) >= 11 is 0. The largest absolute Gasteiger partial charge is 0.341 e. The van der Waals surface area contributed by atoms with Gasteiger partial charge in [0.15, 0.2) is 0 Å². The van der Waals surface area contributed by atoms with Crippen LogP contribution in [0.25, 0.3) is 0 Å². The first-order valence-electron chi connectivity index (χ1n) is 10.9. The predicted molar refractivity (Wildman–Crippen MR) is 117 cm³/mol. The maximum Gasteiger partial charge on any atom is 0.336 e. The molecule has 2 aliphatic rings. The highest BCUT2D eigenvalue weighted by Gasteiger charge is 2.38. The normalized spacial score (nSPS) is 18.7. The highest BCUT2D eigenvalue weighted by atomic mass is 32.2. The number of hydrogen-bond acceptors (Lipinski definition) is 7. The number of hydrogen-bond donors (Lipinski definition) is 1. The Morgan fingerprint density at radius 1 is 1.03 bits per heavy atom. The van der Waals surface area contributed by atoms with Crippen LogP contribution in [0, 0.1) is 18.8 Å². The molecular formula is C22H29N3O7S. The van der Waals surface area contributed by atoms with Crippen LogP contribution >= 0.6 is 0 Å². The molecule has 2 saturated heterocycles. The molecule has 33 heavy (non-hydrogen) atoms. The number of aryl methyl sites for hydroxylation is 1. The third-order valence-corrected chi connectivity index (χ3v) is 7.33. The number of piperidine rings is 1. The third kappa shape index (κ3) is 5.77. The van der Waals surface area contributed by atoms with Crippen molar-refractivity contribution in [3.8, 4) is 0 Å². The molecule has 0 aromatic heterocycles. The van der Waals surface area contributed by atoms with E-state index in [2.05, 4.69) is 4.72 Å². The van der Waals surface area contributed by atoms with Gasteiger partial charge >= 0.3 is 5.97 Å². The highest BCUT2D eigenvalue weighted by Crippen LogP contribution is 2.23. The first kappa shape index (κ1) is 24.8. The van der Waals surface area contributed by atoms with Gasteiger partial charge in [-0.1, -0.05) is 31.5 Å². The predicted octanol–water partition coefficient (Wildman–Crippen LogP) is 1.14. The van der Waals surface area contributed by atoms with Crippen molar-refractivity contribution >= 4 is 33.7 Å². The molecule has 0 radical (unpaired) electrons. The molecule has 0 saturated carbocycles. The topological polar surface area (TPSA) is 130 Å². The van der Waals surface area contributed by atoms with Crippen molar-refractivity contribution < 1.29 is 32.4 Å². The molecule has 3 rings (SSSR count). The zero-order valence-electron chi connectivity index (χ0n) is 18.9. The molecule has 180 valence electrons. The standard InChI is InChI=1S/C22H29N3O7S/c1-14(2)20(23-33(30,31)17-6-4-15(3)5-7-17)21(28)24-12-10-16(11-13-24)22(29)32-25-18(26)8-9-19(25)27/h4-7,14,16,20,23H,8-13H2,1-3H3. The minimum absolute atomic E-state index is 0.0220. The number of benzene rings is 1. The first-order chi connectivity index (χ1) is 15.5. The van der Waals surface area contributed by atoms with E-state index in [0.717, 1.165) is 5.56 Å². The molecule has 2 fully saturated rings. The number of imide groups is 1. The van der Waals surface area contributed by atoms with E-state index in [4.69, 9.17) is 4.84 Å². The van der Waals surface area contributed by atoms with Crippen LogP contribution in [0.3, 0.4) is 0 Å². The van der Waals surface area contributed by atoms with Gasteiger partial charge in [0, 0.05) is 25.9 Å². The van der Waals surface area contributed by atoms with E-state index in [0.29, 0.717) is 5.06 Å². The number of likely N-dealkylation sites (tertiary alicyclic amines) is 1.